The maximum absolute atomic E-state index is 4.76. The van der Waals surface area contributed by atoms with E-state index in [9.17, 15) is 0 Å². The molecule has 0 saturated heterocycles. The minimum Gasteiger partial charge on any atom is -0.312 e. The maximum atomic E-state index is 4.76. The van der Waals surface area contributed by atoms with E-state index < -0.39 is 0 Å². The number of nitrogens with zero attached hydrogens (tertiary/aromatic N) is 3. The summed E-state index contributed by atoms with van der Waals surface area (Å²) in [4.78, 5) is 4.76. The van der Waals surface area contributed by atoms with E-state index in [-0.39, 0.29) is 5.41 Å². The van der Waals surface area contributed by atoms with Gasteiger partial charge >= 0.3 is 0 Å². The Labute approximate surface area is 127 Å². The molecule has 0 aliphatic heterocycles. The van der Waals surface area contributed by atoms with Crippen molar-refractivity contribution in [3.8, 4) is 5.82 Å². The van der Waals surface area contributed by atoms with E-state index in [4.69, 9.17) is 4.98 Å². The summed E-state index contributed by atoms with van der Waals surface area (Å²) in [5.41, 5.74) is 2.37. The maximum Gasteiger partial charge on any atom is 0.153 e. The van der Waals surface area contributed by atoms with Gasteiger partial charge in [-0.25, -0.2) is 9.67 Å². The zero-order chi connectivity index (χ0) is 15.5. The molecule has 0 spiro atoms. The highest BCUT2D eigenvalue weighted by Crippen LogP contribution is 2.22. The van der Waals surface area contributed by atoms with Crippen molar-refractivity contribution in [3.63, 3.8) is 0 Å². The van der Waals surface area contributed by atoms with Gasteiger partial charge in [0, 0.05) is 30.0 Å². The summed E-state index contributed by atoms with van der Waals surface area (Å²) in [7, 11) is 0. The molecular weight excluding hydrogens is 260 g/mol. The van der Waals surface area contributed by atoms with Crippen LogP contribution in [-0.2, 0) is 12.0 Å². The molecule has 0 aliphatic rings. The largest absolute Gasteiger partial charge is 0.312 e. The van der Waals surface area contributed by atoms with Crippen molar-refractivity contribution in [2.24, 2.45) is 5.92 Å². The summed E-state index contributed by atoms with van der Waals surface area (Å²) >= 11 is 0. The fraction of sp³-hybridized carbons (Fsp3) is 0.529. The van der Waals surface area contributed by atoms with Crippen molar-refractivity contribution >= 4 is 0 Å². The third-order valence-corrected chi connectivity index (χ3v) is 3.26. The monoisotopic (exact) mass is 286 g/mol. The molecule has 0 atom stereocenters. The molecule has 2 aromatic rings. The summed E-state index contributed by atoms with van der Waals surface area (Å²) in [6.45, 7) is 12.9. The topological polar surface area (TPSA) is 42.7 Å². The Balaban J connectivity index is 2.29. The molecule has 0 saturated carbocycles. The van der Waals surface area contributed by atoms with E-state index in [2.05, 4.69) is 57.2 Å². The quantitative estimate of drug-likeness (QED) is 0.917. The van der Waals surface area contributed by atoms with Gasteiger partial charge in [-0.15, -0.1) is 0 Å². The molecule has 2 heterocycles. The molecule has 0 aliphatic carbocycles. The van der Waals surface area contributed by atoms with E-state index in [1.54, 1.807) is 6.20 Å². The number of nitrogens with one attached hydrogen (secondary N) is 1. The first kappa shape index (κ1) is 15.7. The fourth-order valence-electron chi connectivity index (χ4n) is 2.08. The molecule has 4 heteroatoms. The van der Waals surface area contributed by atoms with Crippen LogP contribution in [0.4, 0.5) is 0 Å². The minimum absolute atomic E-state index is 0.0238. The number of aromatic nitrogens is 3. The van der Waals surface area contributed by atoms with Crippen LogP contribution in [0.2, 0.25) is 0 Å². The molecule has 1 N–H and O–H groups in total. The standard InChI is InChI=1S/C17H26N4/c1-13(2)11-18-12-14-9-15(17(3,4)5)20-16(10-14)21-8-6-7-19-21/h6-10,13,18H,11-12H2,1-5H3. The van der Waals surface area contributed by atoms with Crippen LogP contribution in [0, 0.1) is 5.92 Å². The Kier molecular flexibility index (Phi) is 4.78. The van der Waals surface area contributed by atoms with Crippen LogP contribution >= 0.6 is 0 Å². The highest BCUT2D eigenvalue weighted by molar-refractivity contribution is 5.33. The SMILES string of the molecule is CC(C)CNCc1cc(-n2cccn2)nc(C(C)(C)C)c1. The molecule has 114 valence electrons. The predicted molar refractivity (Wildman–Crippen MR) is 86.6 cm³/mol. The van der Waals surface area contributed by atoms with Gasteiger partial charge in [0.1, 0.15) is 0 Å². The van der Waals surface area contributed by atoms with Crippen LogP contribution in [0.1, 0.15) is 45.9 Å². The lowest BCUT2D eigenvalue weighted by Crippen LogP contribution is -2.21. The first-order valence-corrected chi connectivity index (χ1v) is 7.58. The van der Waals surface area contributed by atoms with Crippen molar-refractivity contribution in [2.45, 2.75) is 46.6 Å². The fourth-order valence-corrected chi connectivity index (χ4v) is 2.08. The molecule has 0 bridgehead atoms. The van der Waals surface area contributed by atoms with Gasteiger partial charge in [-0.05, 0) is 36.2 Å². The summed E-state index contributed by atoms with van der Waals surface area (Å²) < 4.78 is 1.82. The second-order valence-electron chi connectivity index (χ2n) is 6.94. The summed E-state index contributed by atoms with van der Waals surface area (Å²) in [5, 5.41) is 7.79. The smallest absolute Gasteiger partial charge is 0.153 e. The Morgan fingerprint density at radius 2 is 2.00 bits per heavy atom. The first-order valence-electron chi connectivity index (χ1n) is 7.58. The van der Waals surface area contributed by atoms with Crippen molar-refractivity contribution in [1.82, 2.24) is 20.1 Å². The van der Waals surface area contributed by atoms with Gasteiger partial charge in [0.15, 0.2) is 5.82 Å². The Morgan fingerprint density at radius 3 is 2.57 bits per heavy atom. The van der Waals surface area contributed by atoms with Crippen molar-refractivity contribution in [1.29, 1.82) is 0 Å². The predicted octanol–water partition coefficient (Wildman–Crippen LogP) is 3.31. The highest BCUT2D eigenvalue weighted by atomic mass is 15.3. The molecule has 0 radical (unpaired) electrons. The van der Waals surface area contributed by atoms with Crippen LogP contribution in [0.25, 0.3) is 5.82 Å². The molecule has 0 amide bonds. The van der Waals surface area contributed by atoms with Gasteiger partial charge in [-0.1, -0.05) is 34.6 Å². The zero-order valence-electron chi connectivity index (χ0n) is 13.7. The van der Waals surface area contributed by atoms with E-state index in [0.717, 1.165) is 24.6 Å². The average Bonchev–Trinajstić information content (AvgIpc) is 2.90. The van der Waals surface area contributed by atoms with Gasteiger partial charge in [0.05, 0.1) is 0 Å². The van der Waals surface area contributed by atoms with E-state index in [1.807, 2.05) is 16.9 Å². The number of rotatable bonds is 5. The average molecular weight is 286 g/mol. The Bertz CT molecular complexity index is 565. The van der Waals surface area contributed by atoms with Crippen LogP contribution in [0.3, 0.4) is 0 Å². The molecule has 0 unspecified atom stereocenters. The molecule has 2 aromatic heterocycles. The number of hydrogen-bond acceptors (Lipinski definition) is 3. The van der Waals surface area contributed by atoms with Crippen LogP contribution in [0.5, 0.6) is 0 Å². The summed E-state index contributed by atoms with van der Waals surface area (Å²) in [6, 6.07) is 6.22. The van der Waals surface area contributed by atoms with Crippen LogP contribution in [0.15, 0.2) is 30.6 Å². The Morgan fingerprint density at radius 1 is 1.24 bits per heavy atom. The number of hydrogen-bond donors (Lipinski definition) is 1. The van der Waals surface area contributed by atoms with Gasteiger partial charge in [0.25, 0.3) is 0 Å². The number of pyridine rings is 1. The zero-order valence-corrected chi connectivity index (χ0v) is 13.7. The highest BCUT2D eigenvalue weighted by Gasteiger charge is 2.17. The lowest BCUT2D eigenvalue weighted by atomic mass is 9.90. The molecule has 4 nitrogen and oxygen atoms in total. The Hall–Kier alpha value is -1.68. The van der Waals surface area contributed by atoms with Crippen molar-refractivity contribution in [2.75, 3.05) is 6.54 Å². The lowest BCUT2D eigenvalue weighted by Gasteiger charge is -2.20. The van der Waals surface area contributed by atoms with Crippen molar-refractivity contribution < 1.29 is 0 Å². The molecule has 0 fully saturated rings. The van der Waals surface area contributed by atoms with E-state index >= 15 is 0 Å². The molecule has 21 heavy (non-hydrogen) atoms. The summed E-state index contributed by atoms with van der Waals surface area (Å²) in [5.74, 6) is 1.54. The summed E-state index contributed by atoms with van der Waals surface area (Å²) in [6.07, 6.45) is 3.71. The third kappa shape index (κ3) is 4.39. The molecule has 2 rings (SSSR count). The van der Waals surface area contributed by atoms with Gasteiger partial charge in [0.2, 0.25) is 0 Å². The van der Waals surface area contributed by atoms with Gasteiger partial charge < -0.3 is 5.32 Å². The second-order valence-corrected chi connectivity index (χ2v) is 6.94. The normalized spacial score (nSPS) is 12.1. The third-order valence-electron chi connectivity index (χ3n) is 3.26. The molecular formula is C17H26N4. The van der Waals surface area contributed by atoms with E-state index in [1.165, 1.54) is 5.56 Å². The van der Waals surface area contributed by atoms with Crippen LogP contribution < -0.4 is 5.32 Å². The van der Waals surface area contributed by atoms with Crippen LogP contribution in [-0.4, -0.2) is 21.3 Å². The van der Waals surface area contributed by atoms with E-state index in [0.29, 0.717) is 5.92 Å². The minimum atomic E-state index is 0.0238. The second kappa shape index (κ2) is 6.39. The lowest BCUT2D eigenvalue weighted by molar-refractivity contribution is 0.545. The van der Waals surface area contributed by atoms with Crippen molar-refractivity contribution in [3.05, 3.63) is 41.9 Å². The van der Waals surface area contributed by atoms with Gasteiger partial charge in [-0.3, -0.25) is 0 Å². The van der Waals surface area contributed by atoms with Gasteiger partial charge in [-0.2, -0.15) is 5.10 Å². The first-order chi connectivity index (χ1) is 9.86. The molecule has 0 aromatic carbocycles.